The van der Waals surface area contributed by atoms with Crippen LogP contribution in [0.25, 0.3) is 0 Å². The molecule has 0 aromatic rings. The summed E-state index contributed by atoms with van der Waals surface area (Å²) in [6.07, 6.45) is -3.31. The topological polar surface area (TPSA) is 79.2 Å². The molecule has 1 heterocycles. The van der Waals surface area contributed by atoms with Gasteiger partial charge in [-0.25, -0.2) is 0 Å². The van der Waals surface area contributed by atoms with Crippen molar-refractivity contribution in [3.05, 3.63) is 0 Å². The van der Waals surface area contributed by atoms with Gasteiger partial charge >= 0.3 is 0 Å². The van der Waals surface area contributed by atoms with Crippen molar-refractivity contribution in [2.24, 2.45) is 5.92 Å². The van der Waals surface area contributed by atoms with Crippen LogP contribution in [-0.2, 0) is 9.47 Å². The number of aliphatic hydroxyl groups excluding tert-OH is 3. The molecule has 1 saturated heterocycles. The highest BCUT2D eigenvalue weighted by molar-refractivity contribution is 4.86. The van der Waals surface area contributed by atoms with Crippen molar-refractivity contribution in [1.29, 1.82) is 0 Å². The lowest BCUT2D eigenvalue weighted by Crippen LogP contribution is -2.55. The second-order valence-corrected chi connectivity index (χ2v) is 3.30. The summed E-state index contributed by atoms with van der Waals surface area (Å²) < 4.78 is 10.0. The normalized spacial score (nSPS) is 46.4. The summed E-state index contributed by atoms with van der Waals surface area (Å²) in [7, 11) is 1.38. The zero-order valence-electron chi connectivity index (χ0n) is 7.75. The first-order valence-corrected chi connectivity index (χ1v) is 4.27. The highest BCUT2D eigenvalue weighted by Gasteiger charge is 2.41. The van der Waals surface area contributed by atoms with E-state index in [-0.39, 0.29) is 12.5 Å². The zero-order valence-corrected chi connectivity index (χ0v) is 7.75. The van der Waals surface area contributed by atoms with E-state index in [4.69, 9.17) is 14.6 Å². The maximum absolute atomic E-state index is 9.53. The first kappa shape index (κ1) is 10.9. The van der Waals surface area contributed by atoms with Gasteiger partial charge in [0.15, 0.2) is 6.29 Å². The van der Waals surface area contributed by atoms with Crippen LogP contribution in [0.4, 0.5) is 0 Å². The first-order valence-electron chi connectivity index (χ1n) is 4.27. The minimum absolute atomic E-state index is 0.190. The lowest BCUT2D eigenvalue weighted by molar-refractivity contribution is -0.280. The Labute approximate surface area is 76.9 Å². The molecular formula is C8H16O5. The van der Waals surface area contributed by atoms with Crippen molar-refractivity contribution >= 4 is 0 Å². The third-order valence-electron chi connectivity index (χ3n) is 2.48. The molecule has 1 fully saturated rings. The van der Waals surface area contributed by atoms with E-state index >= 15 is 0 Å². The maximum atomic E-state index is 9.53. The van der Waals surface area contributed by atoms with Crippen LogP contribution in [0.2, 0.25) is 0 Å². The summed E-state index contributed by atoms with van der Waals surface area (Å²) in [5.41, 5.74) is 0. The Hall–Kier alpha value is -0.200. The van der Waals surface area contributed by atoms with Gasteiger partial charge in [-0.15, -0.1) is 0 Å². The Morgan fingerprint density at radius 3 is 2.38 bits per heavy atom. The van der Waals surface area contributed by atoms with Crippen LogP contribution >= 0.6 is 0 Å². The van der Waals surface area contributed by atoms with E-state index in [0.29, 0.717) is 0 Å². The monoisotopic (exact) mass is 192 g/mol. The minimum atomic E-state index is -1.05. The summed E-state index contributed by atoms with van der Waals surface area (Å²) in [5, 5.41) is 27.9. The second kappa shape index (κ2) is 4.34. The van der Waals surface area contributed by atoms with E-state index in [1.54, 1.807) is 6.92 Å². The number of rotatable bonds is 2. The van der Waals surface area contributed by atoms with Crippen LogP contribution in [-0.4, -0.2) is 53.6 Å². The van der Waals surface area contributed by atoms with E-state index in [1.165, 1.54) is 7.11 Å². The first-order chi connectivity index (χ1) is 6.11. The molecule has 3 unspecified atom stereocenters. The molecule has 0 aromatic heterocycles. The second-order valence-electron chi connectivity index (χ2n) is 3.30. The van der Waals surface area contributed by atoms with Crippen molar-refractivity contribution in [3.8, 4) is 0 Å². The predicted molar refractivity (Wildman–Crippen MR) is 43.9 cm³/mol. The molecule has 13 heavy (non-hydrogen) atoms. The molecule has 5 atom stereocenters. The van der Waals surface area contributed by atoms with E-state index in [9.17, 15) is 10.2 Å². The van der Waals surface area contributed by atoms with Crippen LogP contribution in [0.1, 0.15) is 6.92 Å². The fraction of sp³-hybridized carbons (Fsp3) is 1.00. The molecule has 0 amide bonds. The molecule has 3 N–H and O–H groups in total. The molecule has 1 rings (SSSR count). The standard InChI is InChI=1S/C8H16O5/c1-4-5(3-9)13-8(12-2)7(11)6(4)10/h4-11H,3H2,1-2H3/t4-,5?,6?,7?,8-/m1/s1. The van der Waals surface area contributed by atoms with Gasteiger partial charge in [-0.3, -0.25) is 0 Å². The van der Waals surface area contributed by atoms with Gasteiger partial charge in [-0.05, 0) is 0 Å². The summed E-state index contributed by atoms with van der Waals surface area (Å²) in [5.74, 6) is -0.300. The highest BCUT2D eigenvalue weighted by Crippen LogP contribution is 2.25. The van der Waals surface area contributed by atoms with E-state index in [1.807, 2.05) is 0 Å². The molecule has 0 aliphatic carbocycles. The summed E-state index contributed by atoms with van der Waals surface area (Å²) in [6, 6.07) is 0. The fourth-order valence-corrected chi connectivity index (χ4v) is 1.47. The van der Waals surface area contributed by atoms with Crippen LogP contribution in [0.5, 0.6) is 0 Å². The van der Waals surface area contributed by atoms with Crippen LogP contribution in [0, 0.1) is 5.92 Å². The van der Waals surface area contributed by atoms with Crippen molar-refractivity contribution < 1.29 is 24.8 Å². The van der Waals surface area contributed by atoms with Crippen LogP contribution in [0.15, 0.2) is 0 Å². The van der Waals surface area contributed by atoms with Crippen molar-refractivity contribution in [2.45, 2.75) is 31.5 Å². The lowest BCUT2D eigenvalue weighted by atomic mass is 9.91. The Morgan fingerprint density at radius 2 is 1.92 bits per heavy atom. The molecule has 0 bridgehead atoms. The average Bonchev–Trinajstić information content (AvgIpc) is 2.15. The number of hydrogen-bond acceptors (Lipinski definition) is 5. The Morgan fingerprint density at radius 1 is 1.31 bits per heavy atom. The fourth-order valence-electron chi connectivity index (χ4n) is 1.47. The smallest absolute Gasteiger partial charge is 0.186 e. The zero-order chi connectivity index (χ0) is 10.0. The highest BCUT2D eigenvalue weighted by atomic mass is 16.7. The van der Waals surface area contributed by atoms with Crippen LogP contribution < -0.4 is 0 Å². The van der Waals surface area contributed by atoms with Gasteiger partial charge < -0.3 is 24.8 Å². The quantitative estimate of drug-likeness (QED) is 0.507. The predicted octanol–water partition coefficient (Wildman–Crippen LogP) is -1.29. The third-order valence-corrected chi connectivity index (χ3v) is 2.48. The summed E-state index contributed by atoms with van der Waals surface area (Å²) in [4.78, 5) is 0. The van der Waals surface area contributed by atoms with Crippen molar-refractivity contribution in [3.63, 3.8) is 0 Å². The van der Waals surface area contributed by atoms with Gasteiger partial charge in [0.25, 0.3) is 0 Å². The SMILES string of the molecule is CO[C@@H]1OC(CO)[C@@H](C)C(O)C1O. The lowest BCUT2D eigenvalue weighted by Gasteiger charge is -2.40. The molecule has 0 radical (unpaired) electrons. The number of hydrogen-bond donors (Lipinski definition) is 3. The van der Waals surface area contributed by atoms with E-state index < -0.39 is 24.6 Å². The molecule has 5 heteroatoms. The Balaban J connectivity index is 2.66. The van der Waals surface area contributed by atoms with Gasteiger partial charge in [-0.2, -0.15) is 0 Å². The van der Waals surface area contributed by atoms with Crippen molar-refractivity contribution in [1.82, 2.24) is 0 Å². The maximum Gasteiger partial charge on any atom is 0.186 e. The molecule has 0 saturated carbocycles. The molecule has 78 valence electrons. The summed E-state index contributed by atoms with van der Waals surface area (Å²) in [6.45, 7) is 1.52. The Bertz CT molecular complexity index is 143. The van der Waals surface area contributed by atoms with Gasteiger partial charge in [0.1, 0.15) is 6.10 Å². The average molecular weight is 192 g/mol. The number of methoxy groups -OCH3 is 1. The van der Waals surface area contributed by atoms with E-state index in [2.05, 4.69) is 0 Å². The largest absolute Gasteiger partial charge is 0.394 e. The molecule has 1 aliphatic rings. The molecular weight excluding hydrogens is 176 g/mol. The van der Waals surface area contributed by atoms with E-state index in [0.717, 1.165) is 0 Å². The molecule has 0 aromatic carbocycles. The Kier molecular flexibility index (Phi) is 3.63. The minimum Gasteiger partial charge on any atom is -0.394 e. The molecule has 0 spiro atoms. The van der Waals surface area contributed by atoms with Crippen molar-refractivity contribution in [2.75, 3.05) is 13.7 Å². The number of aliphatic hydroxyl groups is 3. The van der Waals surface area contributed by atoms with Crippen LogP contribution in [0.3, 0.4) is 0 Å². The van der Waals surface area contributed by atoms with Gasteiger partial charge in [0.05, 0.1) is 18.8 Å². The van der Waals surface area contributed by atoms with Gasteiger partial charge in [-0.1, -0.05) is 6.92 Å². The third kappa shape index (κ3) is 2.00. The molecule has 5 nitrogen and oxygen atoms in total. The summed E-state index contributed by atoms with van der Waals surface area (Å²) >= 11 is 0. The van der Waals surface area contributed by atoms with Gasteiger partial charge in [0, 0.05) is 13.0 Å². The number of ether oxygens (including phenoxy) is 2. The molecule has 1 aliphatic heterocycles. The van der Waals surface area contributed by atoms with Gasteiger partial charge in [0.2, 0.25) is 0 Å².